The number of aromatic nitrogens is 1. The van der Waals surface area contributed by atoms with Crippen LogP contribution in [0, 0.1) is 0 Å². The van der Waals surface area contributed by atoms with Gasteiger partial charge in [-0.1, -0.05) is 13.8 Å². The summed E-state index contributed by atoms with van der Waals surface area (Å²) >= 11 is 0. The molecule has 6 heteroatoms. The van der Waals surface area contributed by atoms with Gasteiger partial charge in [-0.05, 0) is 36.8 Å². The van der Waals surface area contributed by atoms with E-state index in [2.05, 4.69) is 21.9 Å². The SMILES string of the molecule is CCCNc1ccc2cc(S(=O)(=O)NCC)ccc2n1. The maximum absolute atomic E-state index is 11.9. The van der Waals surface area contributed by atoms with Gasteiger partial charge in [0, 0.05) is 18.5 Å². The van der Waals surface area contributed by atoms with Crippen LogP contribution in [0.4, 0.5) is 5.82 Å². The molecule has 0 saturated carbocycles. The van der Waals surface area contributed by atoms with Crippen molar-refractivity contribution in [3.63, 3.8) is 0 Å². The third-order valence-electron chi connectivity index (χ3n) is 2.86. The summed E-state index contributed by atoms with van der Waals surface area (Å²) in [6.07, 6.45) is 1.03. The van der Waals surface area contributed by atoms with Crippen molar-refractivity contribution in [1.82, 2.24) is 9.71 Å². The Balaban J connectivity index is 2.36. The standard InChI is InChI=1S/C14H19N3O2S/c1-3-9-15-14-8-5-11-10-12(6-7-13(11)17-14)20(18,19)16-4-2/h5-8,10,16H,3-4,9H2,1-2H3,(H,15,17). The zero-order valence-corrected chi connectivity index (χ0v) is 12.5. The molecule has 1 aromatic carbocycles. The van der Waals surface area contributed by atoms with E-state index < -0.39 is 10.0 Å². The Morgan fingerprint density at radius 3 is 2.65 bits per heavy atom. The van der Waals surface area contributed by atoms with Gasteiger partial charge < -0.3 is 5.32 Å². The van der Waals surface area contributed by atoms with Crippen molar-refractivity contribution >= 4 is 26.7 Å². The summed E-state index contributed by atoms with van der Waals surface area (Å²) in [4.78, 5) is 4.72. The first-order valence-corrected chi connectivity index (χ1v) is 8.19. The van der Waals surface area contributed by atoms with Crippen LogP contribution in [0.1, 0.15) is 20.3 Å². The summed E-state index contributed by atoms with van der Waals surface area (Å²) in [6, 6.07) is 8.70. The zero-order valence-electron chi connectivity index (χ0n) is 11.7. The van der Waals surface area contributed by atoms with Crippen LogP contribution in [-0.4, -0.2) is 26.5 Å². The Bertz CT molecular complexity index is 699. The van der Waals surface area contributed by atoms with Crippen molar-refractivity contribution < 1.29 is 8.42 Å². The Morgan fingerprint density at radius 1 is 1.15 bits per heavy atom. The quantitative estimate of drug-likeness (QED) is 0.857. The molecule has 5 nitrogen and oxygen atoms in total. The van der Waals surface area contributed by atoms with Gasteiger partial charge in [0.25, 0.3) is 0 Å². The highest BCUT2D eigenvalue weighted by Gasteiger charge is 2.13. The van der Waals surface area contributed by atoms with E-state index in [1.54, 1.807) is 25.1 Å². The molecular weight excluding hydrogens is 274 g/mol. The first-order chi connectivity index (χ1) is 9.56. The monoisotopic (exact) mass is 293 g/mol. The molecule has 0 spiro atoms. The molecule has 2 aromatic rings. The number of rotatable bonds is 6. The summed E-state index contributed by atoms with van der Waals surface area (Å²) in [5.41, 5.74) is 0.779. The highest BCUT2D eigenvalue weighted by molar-refractivity contribution is 7.89. The molecule has 2 rings (SSSR count). The van der Waals surface area contributed by atoms with E-state index in [4.69, 9.17) is 0 Å². The normalized spacial score (nSPS) is 11.7. The number of anilines is 1. The number of nitrogens with zero attached hydrogens (tertiary/aromatic N) is 1. The van der Waals surface area contributed by atoms with E-state index in [1.165, 1.54) is 0 Å². The second kappa shape index (κ2) is 6.19. The highest BCUT2D eigenvalue weighted by atomic mass is 32.2. The zero-order chi connectivity index (χ0) is 14.6. The minimum Gasteiger partial charge on any atom is -0.370 e. The molecule has 0 atom stereocenters. The van der Waals surface area contributed by atoms with E-state index in [-0.39, 0.29) is 4.90 Å². The molecular formula is C14H19N3O2S. The molecule has 0 aliphatic heterocycles. The van der Waals surface area contributed by atoms with Crippen LogP contribution in [-0.2, 0) is 10.0 Å². The van der Waals surface area contributed by atoms with E-state index in [9.17, 15) is 8.42 Å². The van der Waals surface area contributed by atoms with Crippen molar-refractivity contribution in [2.45, 2.75) is 25.2 Å². The fraction of sp³-hybridized carbons (Fsp3) is 0.357. The third-order valence-corrected chi connectivity index (χ3v) is 4.40. The smallest absolute Gasteiger partial charge is 0.240 e. The van der Waals surface area contributed by atoms with Gasteiger partial charge in [0.2, 0.25) is 10.0 Å². The van der Waals surface area contributed by atoms with Crippen LogP contribution in [0.2, 0.25) is 0 Å². The molecule has 0 fully saturated rings. The summed E-state index contributed by atoms with van der Waals surface area (Å²) < 4.78 is 26.4. The molecule has 0 saturated heterocycles. The summed E-state index contributed by atoms with van der Waals surface area (Å²) in [5.74, 6) is 0.807. The Labute approximate surface area is 119 Å². The number of hydrogen-bond acceptors (Lipinski definition) is 4. The minimum atomic E-state index is -3.42. The van der Waals surface area contributed by atoms with Gasteiger partial charge in [0.1, 0.15) is 5.82 Å². The van der Waals surface area contributed by atoms with Crippen molar-refractivity contribution in [2.75, 3.05) is 18.4 Å². The van der Waals surface area contributed by atoms with Crippen LogP contribution in [0.3, 0.4) is 0 Å². The topological polar surface area (TPSA) is 71.1 Å². The Kier molecular flexibility index (Phi) is 4.57. The Morgan fingerprint density at radius 2 is 1.95 bits per heavy atom. The van der Waals surface area contributed by atoms with Crippen LogP contribution in [0.15, 0.2) is 35.2 Å². The fourth-order valence-corrected chi connectivity index (χ4v) is 2.97. The fourth-order valence-electron chi connectivity index (χ4n) is 1.90. The van der Waals surface area contributed by atoms with Crippen LogP contribution in [0.5, 0.6) is 0 Å². The van der Waals surface area contributed by atoms with Crippen molar-refractivity contribution in [3.05, 3.63) is 30.3 Å². The van der Waals surface area contributed by atoms with Gasteiger partial charge in [-0.25, -0.2) is 18.1 Å². The number of sulfonamides is 1. The average molecular weight is 293 g/mol. The predicted molar refractivity (Wildman–Crippen MR) is 81.4 cm³/mol. The van der Waals surface area contributed by atoms with E-state index >= 15 is 0 Å². The molecule has 1 aromatic heterocycles. The molecule has 0 bridgehead atoms. The molecule has 0 amide bonds. The van der Waals surface area contributed by atoms with Gasteiger partial charge in [-0.15, -0.1) is 0 Å². The summed E-state index contributed by atoms with van der Waals surface area (Å²) in [6.45, 7) is 5.08. The molecule has 0 radical (unpaired) electrons. The van der Waals surface area contributed by atoms with Gasteiger partial charge in [0.15, 0.2) is 0 Å². The second-order valence-corrected chi connectivity index (χ2v) is 6.25. The number of nitrogens with one attached hydrogen (secondary N) is 2. The summed E-state index contributed by atoms with van der Waals surface area (Å²) in [5, 5.41) is 4.02. The molecule has 1 heterocycles. The largest absolute Gasteiger partial charge is 0.370 e. The molecule has 0 aliphatic carbocycles. The average Bonchev–Trinajstić information content (AvgIpc) is 2.44. The van der Waals surface area contributed by atoms with Crippen LogP contribution < -0.4 is 10.0 Å². The lowest BCUT2D eigenvalue weighted by molar-refractivity contribution is 0.584. The van der Waals surface area contributed by atoms with Gasteiger partial charge in [-0.3, -0.25) is 0 Å². The lowest BCUT2D eigenvalue weighted by atomic mass is 10.2. The number of benzene rings is 1. The van der Waals surface area contributed by atoms with Gasteiger partial charge >= 0.3 is 0 Å². The first-order valence-electron chi connectivity index (χ1n) is 6.71. The van der Waals surface area contributed by atoms with E-state index in [1.807, 2.05) is 12.1 Å². The number of pyridine rings is 1. The maximum Gasteiger partial charge on any atom is 0.240 e. The Hall–Kier alpha value is -1.66. The number of hydrogen-bond donors (Lipinski definition) is 2. The van der Waals surface area contributed by atoms with Crippen molar-refractivity contribution in [2.24, 2.45) is 0 Å². The summed E-state index contributed by atoms with van der Waals surface area (Å²) in [7, 11) is -3.42. The molecule has 2 N–H and O–H groups in total. The van der Waals surface area contributed by atoms with Crippen LogP contribution >= 0.6 is 0 Å². The van der Waals surface area contributed by atoms with E-state index in [0.717, 1.165) is 29.7 Å². The highest BCUT2D eigenvalue weighted by Crippen LogP contribution is 2.19. The van der Waals surface area contributed by atoms with Crippen molar-refractivity contribution in [3.8, 4) is 0 Å². The van der Waals surface area contributed by atoms with Crippen LogP contribution in [0.25, 0.3) is 10.9 Å². The van der Waals surface area contributed by atoms with Gasteiger partial charge in [0.05, 0.1) is 10.4 Å². The molecule has 20 heavy (non-hydrogen) atoms. The second-order valence-electron chi connectivity index (χ2n) is 4.48. The molecule has 0 unspecified atom stereocenters. The molecule has 0 aliphatic rings. The minimum absolute atomic E-state index is 0.267. The predicted octanol–water partition coefficient (Wildman–Crippen LogP) is 2.35. The lowest BCUT2D eigenvalue weighted by Gasteiger charge is -2.08. The number of fused-ring (bicyclic) bond motifs is 1. The maximum atomic E-state index is 11.9. The lowest BCUT2D eigenvalue weighted by Crippen LogP contribution is -2.23. The van der Waals surface area contributed by atoms with Gasteiger partial charge in [-0.2, -0.15) is 0 Å². The van der Waals surface area contributed by atoms with Crippen molar-refractivity contribution in [1.29, 1.82) is 0 Å². The first kappa shape index (κ1) is 14.7. The third kappa shape index (κ3) is 3.26. The van der Waals surface area contributed by atoms with E-state index in [0.29, 0.717) is 6.54 Å². The molecule has 108 valence electrons.